The summed E-state index contributed by atoms with van der Waals surface area (Å²) in [6.07, 6.45) is 3.11. The van der Waals surface area contributed by atoms with E-state index in [0.717, 1.165) is 0 Å². The number of fused-ring (bicyclic) bond motifs is 3. The molecule has 0 saturated heterocycles. The van der Waals surface area contributed by atoms with E-state index in [1.54, 1.807) is 42.5 Å². The van der Waals surface area contributed by atoms with Crippen molar-refractivity contribution in [2.75, 3.05) is 20.3 Å². The van der Waals surface area contributed by atoms with Gasteiger partial charge in [0, 0.05) is 34.3 Å². The number of carbonyl (C=O) groups is 2. The van der Waals surface area contributed by atoms with Crippen molar-refractivity contribution >= 4 is 35.0 Å². The minimum atomic E-state index is -1.25. The summed E-state index contributed by atoms with van der Waals surface area (Å²) in [6, 6.07) is 7.29. The van der Waals surface area contributed by atoms with Crippen molar-refractivity contribution in [1.29, 1.82) is 0 Å². The monoisotopic (exact) mass is 590 g/mol. The fraction of sp³-hybridized carbons (Fsp3) is 0.379. The smallest absolute Gasteiger partial charge is 0.247 e. The average molecular weight is 591 g/mol. The first-order valence-electron chi connectivity index (χ1n) is 12.9. The summed E-state index contributed by atoms with van der Waals surface area (Å²) in [5.74, 6) is -0.895. The zero-order chi connectivity index (χ0) is 29.0. The zero-order valence-corrected chi connectivity index (χ0v) is 23.7. The van der Waals surface area contributed by atoms with Gasteiger partial charge in [-0.15, -0.1) is 0 Å². The van der Waals surface area contributed by atoms with Crippen molar-refractivity contribution in [3.05, 3.63) is 80.9 Å². The van der Waals surface area contributed by atoms with Crippen LogP contribution in [0.15, 0.2) is 54.1 Å². The predicted molar refractivity (Wildman–Crippen MR) is 150 cm³/mol. The van der Waals surface area contributed by atoms with Gasteiger partial charge in [-0.05, 0) is 54.0 Å². The fourth-order valence-corrected chi connectivity index (χ4v) is 5.57. The number of nitrogens with zero attached hydrogens (tertiary/aromatic N) is 1. The molecule has 0 aromatic heterocycles. The molecule has 0 saturated carbocycles. The highest BCUT2D eigenvalue weighted by Gasteiger charge is 2.51. The summed E-state index contributed by atoms with van der Waals surface area (Å²) in [5, 5.41) is 34.3. The van der Waals surface area contributed by atoms with Crippen LogP contribution in [-0.4, -0.2) is 70.5 Å². The van der Waals surface area contributed by atoms with Crippen LogP contribution < -0.4 is 14.8 Å². The molecule has 2 aromatic carbocycles. The highest BCUT2D eigenvalue weighted by molar-refractivity contribution is 6.35. The lowest BCUT2D eigenvalue weighted by Crippen LogP contribution is -2.55. The number of halogens is 2. The fourth-order valence-electron chi connectivity index (χ4n) is 5.10. The standard InChI is InChI=1S/C29H32Cl2N2O7/c1-3-4-5-24(36)33(14-17-6-7-18(30)12-21(17)31)22-13-20(29(38)32-8-9-34)25-19-10-16(15-35)11-23(39-2)27(19)40-28(25)26(22)37/h4-7,10-13,22,25-26,28,34-35,37H,3,8-9,14-15H2,1-2H3,(H,32,38)/t22-,25+,26+,28+/m1/s1. The first kappa shape index (κ1) is 29.9. The molecule has 1 aliphatic carbocycles. The van der Waals surface area contributed by atoms with E-state index in [0.29, 0.717) is 44.7 Å². The first-order chi connectivity index (χ1) is 19.2. The largest absolute Gasteiger partial charge is 0.493 e. The molecule has 0 fully saturated rings. The third-order valence-corrected chi connectivity index (χ3v) is 7.58. The Morgan fingerprint density at radius 3 is 2.62 bits per heavy atom. The number of hydrogen-bond acceptors (Lipinski definition) is 7. The maximum Gasteiger partial charge on any atom is 0.247 e. The number of aliphatic hydroxyl groups is 3. The molecule has 0 radical (unpaired) electrons. The van der Waals surface area contributed by atoms with E-state index >= 15 is 0 Å². The zero-order valence-electron chi connectivity index (χ0n) is 22.1. The number of benzene rings is 2. The van der Waals surface area contributed by atoms with E-state index in [2.05, 4.69) is 5.32 Å². The number of nitrogens with one attached hydrogen (secondary N) is 1. The number of amides is 2. The van der Waals surface area contributed by atoms with Crippen molar-refractivity contribution < 1.29 is 34.4 Å². The minimum absolute atomic E-state index is 0.0107. The van der Waals surface area contributed by atoms with Crippen LogP contribution in [0.25, 0.3) is 0 Å². The van der Waals surface area contributed by atoms with Crippen molar-refractivity contribution in [2.45, 2.75) is 50.7 Å². The maximum atomic E-state index is 13.5. The molecular formula is C29H32Cl2N2O7. The van der Waals surface area contributed by atoms with Gasteiger partial charge in [-0.2, -0.15) is 0 Å². The van der Waals surface area contributed by atoms with Crippen molar-refractivity contribution in [1.82, 2.24) is 10.2 Å². The molecule has 1 aliphatic heterocycles. The summed E-state index contributed by atoms with van der Waals surface area (Å²) in [6.45, 7) is 1.39. The molecule has 2 amide bonds. The summed E-state index contributed by atoms with van der Waals surface area (Å²) in [4.78, 5) is 28.3. The van der Waals surface area contributed by atoms with Crippen LogP contribution in [0, 0.1) is 0 Å². The van der Waals surface area contributed by atoms with Gasteiger partial charge < -0.3 is 35.0 Å². The Labute approximate surface area is 242 Å². The molecule has 4 atom stereocenters. The molecule has 0 spiro atoms. The molecule has 40 heavy (non-hydrogen) atoms. The molecule has 4 rings (SSSR count). The predicted octanol–water partition coefficient (Wildman–Crippen LogP) is 3.11. The van der Waals surface area contributed by atoms with Gasteiger partial charge >= 0.3 is 0 Å². The molecule has 0 unspecified atom stereocenters. The maximum absolute atomic E-state index is 13.5. The van der Waals surface area contributed by atoms with Crippen molar-refractivity contribution in [3.8, 4) is 11.5 Å². The van der Waals surface area contributed by atoms with Gasteiger partial charge in [0.25, 0.3) is 0 Å². The van der Waals surface area contributed by atoms with E-state index in [4.69, 9.17) is 32.7 Å². The van der Waals surface area contributed by atoms with E-state index in [-0.39, 0.29) is 31.9 Å². The first-order valence-corrected chi connectivity index (χ1v) is 13.7. The molecule has 9 nitrogen and oxygen atoms in total. The lowest BCUT2D eigenvalue weighted by atomic mass is 9.77. The lowest BCUT2D eigenvalue weighted by molar-refractivity contribution is -0.133. The second-order valence-corrected chi connectivity index (χ2v) is 10.4. The molecule has 2 aromatic rings. The second kappa shape index (κ2) is 13.1. The van der Waals surface area contributed by atoms with E-state index in [1.807, 2.05) is 6.92 Å². The van der Waals surface area contributed by atoms with E-state index in [9.17, 15) is 24.9 Å². The van der Waals surface area contributed by atoms with Crippen LogP contribution in [0.3, 0.4) is 0 Å². The highest BCUT2D eigenvalue weighted by Crippen LogP contribution is 2.51. The normalized spacial score (nSPS) is 21.3. The van der Waals surface area contributed by atoms with Gasteiger partial charge in [0.2, 0.25) is 11.8 Å². The number of ether oxygens (including phenoxy) is 2. The van der Waals surface area contributed by atoms with E-state index < -0.39 is 36.0 Å². The average Bonchev–Trinajstić information content (AvgIpc) is 3.34. The Kier molecular flexibility index (Phi) is 9.76. The molecule has 214 valence electrons. The topological polar surface area (TPSA) is 129 Å². The molecule has 1 heterocycles. The molecule has 4 N–H and O–H groups in total. The number of carbonyl (C=O) groups excluding carboxylic acids is 2. The van der Waals surface area contributed by atoms with Crippen LogP contribution in [0.5, 0.6) is 11.5 Å². The summed E-state index contributed by atoms with van der Waals surface area (Å²) in [5.41, 5.74) is 1.97. The van der Waals surface area contributed by atoms with Crippen LogP contribution in [-0.2, 0) is 22.7 Å². The SMILES string of the molecule is CCC=CC(=O)N(Cc1ccc(Cl)cc1Cl)[C@@H]1C=C(C(=O)NCCO)[C@@H]2c3cc(CO)cc(OC)c3O[C@@H]2[C@H]1O. The summed E-state index contributed by atoms with van der Waals surface area (Å²) >= 11 is 12.5. The van der Waals surface area contributed by atoms with Crippen LogP contribution in [0.4, 0.5) is 0 Å². The Morgan fingerprint density at radius 1 is 1.20 bits per heavy atom. The number of methoxy groups -OCH3 is 1. The number of allylic oxidation sites excluding steroid dienone is 1. The summed E-state index contributed by atoms with van der Waals surface area (Å²) in [7, 11) is 1.46. The Morgan fingerprint density at radius 2 is 1.98 bits per heavy atom. The van der Waals surface area contributed by atoms with Gasteiger partial charge in [0.05, 0.1) is 32.3 Å². The Balaban J connectivity index is 1.84. The van der Waals surface area contributed by atoms with E-state index in [1.165, 1.54) is 18.1 Å². The number of aliphatic hydroxyl groups excluding tert-OH is 3. The van der Waals surface area contributed by atoms with Crippen LogP contribution >= 0.6 is 23.2 Å². The van der Waals surface area contributed by atoms with Crippen LogP contribution in [0.2, 0.25) is 10.0 Å². The van der Waals surface area contributed by atoms with Gasteiger partial charge in [0.15, 0.2) is 11.5 Å². The van der Waals surface area contributed by atoms with Gasteiger partial charge in [-0.3, -0.25) is 9.59 Å². The Hall–Kier alpha value is -3.08. The number of rotatable bonds is 10. The Bertz CT molecular complexity index is 1330. The second-order valence-electron chi connectivity index (χ2n) is 9.53. The number of hydrogen-bond donors (Lipinski definition) is 4. The van der Waals surface area contributed by atoms with Crippen molar-refractivity contribution in [3.63, 3.8) is 0 Å². The van der Waals surface area contributed by atoms with Crippen LogP contribution in [0.1, 0.15) is 36.0 Å². The van der Waals surface area contributed by atoms with Crippen molar-refractivity contribution in [2.24, 2.45) is 0 Å². The molecular weight excluding hydrogens is 559 g/mol. The minimum Gasteiger partial charge on any atom is -0.493 e. The third kappa shape index (κ3) is 5.99. The molecule has 11 heteroatoms. The highest BCUT2D eigenvalue weighted by atomic mass is 35.5. The van der Waals surface area contributed by atoms with Gasteiger partial charge in [-0.1, -0.05) is 42.3 Å². The quantitative estimate of drug-likeness (QED) is 0.313. The molecule has 2 aliphatic rings. The van der Waals surface area contributed by atoms with Gasteiger partial charge in [-0.25, -0.2) is 0 Å². The van der Waals surface area contributed by atoms with Gasteiger partial charge in [0.1, 0.15) is 12.2 Å². The third-order valence-electron chi connectivity index (χ3n) is 6.99. The lowest BCUT2D eigenvalue weighted by Gasteiger charge is -2.40. The molecule has 0 bridgehead atoms. The summed E-state index contributed by atoms with van der Waals surface area (Å²) < 4.78 is 11.7.